The second-order valence-electron chi connectivity index (χ2n) is 7.40. The summed E-state index contributed by atoms with van der Waals surface area (Å²) in [6.07, 6.45) is 1.58. The molecular formula is C24H23N3OS2. The minimum atomic E-state index is -0.289. The minimum Gasteiger partial charge on any atom is -0.325 e. The Morgan fingerprint density at radius 1 is 1.03 bits per heavy atom. The molecule has 0 aliphatic heterocycles. The summed E-state index contributed by atoms with van der Waals surface area (Å²) in [5.74, 6) is -0.0275. The molecular weight excluding hydrogens is 410 g/mol. The zero-order valence-electron chi connectivity index (χ0n) is 17.4. The maximum absolute atomic E-state index is 12.9. The van der Waals surface area contributed by atoms with E-state index in [1.54, 1.807) is 17.7 Å². The fraction of sp³-hybridized carbons (Fsp3) is 0.208. The topological polar surface area (TPSA) is 54.9 Å². The standard InChI is InChI=1S/C24H23N3OS2/c1-14-10-15(2)21(16(3)11-14)27-22(28)17(4)29-23-19-12-20(18-8-6-5-7-9-18)30-24(19)26-13-25-23/h5-13,17H,1-4H3,(H,27,28). The van der Waals surface area contributed by atoms with Crippen molar-refractivity contribution in [2.24, 2.45) is 0 Å². The van der Waals surface area contributed by atoms with Crippen LogP contribution in [-0.4, -0.2) is 21.1 Å². The van der Waals surface area contributed by atoms with E-state index < -0.39 is 0 Å². The lowest BCUT2D eigenvalue weighted by atomic mass is 10.1. The highest BCUT2D eigenvalue weighted by atomic mass is 32.2. The molecule has 0 radical (unpaired) electrons. The van der Waals surface area contributed by atoms with Gasteiger partial charge in [-0.3, -0.25) is 4.79 Å². The number of benzene rings is 2. The molecule has 6 heteroatoms. The maximum atomic E-state index is 12.9. The van der Waals surface area contributed by atoms with Crippen molar-refractivity contribution in [1.82, 2.24) is 9.97 Å². The van der Waals surface area contributed by atoms with Crippen LogP contribution < -0.4 is 5.32 Å². The van der Waals surface area contributed by atoms with Crippen molar-refractivity contribution in [2.45, 2.75) is 38.0 Å². The van der Waals surface area contributed by atoms with Crippen LogP contribution >= 0.6 is 23.1 Å². The lowest BCUT2D eigenvalue weighted by molar-refractivity contribution is -0.115. The van der Waals surface area contributed by atoms with E-state index in [1.807, 2.05) is 39.0 Å². The summed E-state index contributed by atoms with van der Waals surface area (Å²) >= 11 is 3.11. The first-order valence-corrected chi connectivity index (χ1v) is 11.5. The fourth-order valence-electron chi connectivity index (χ4n) is 3.50. The number of fused-ring (bicyclic) bond motifs is 1. The number of aromatic nitrogens is 2. The lowest BCUT2D eigenvalue weighted by Crippen LogP contribution is -2.23. The molecule has 0 saturated heterocycles. The van der Waals surface area contributed by atoms with Gasteiger partial charge in [0.2, 0.25) is 5.91 Å². The third-order valence-electron chi connectivity index (χ3n) is 4.93. The molecule has 4 aromatic rings. The number of hydrogen-bond donors (Lipinski definition) is 1. The Hall–Kier alpha value is -2.70. The summed E-state index contributed by atoms with van der Waals surface area (Å²) in [6.45, 7) is 8.03. The Morgan fingerprint density at radius 2 is 1.73 bits per heavy atom. The number of carbonyl (C=O) groups is 1. The number of rotatable bonds is 5. The van der Waals surface area contributed by atoms with Crippen LogP contribution in [0.1, 0.15) is 23.6 Å². The molecule has 0 aliphatic carbocycles. The van der Waals surface area contributed by atoms with Gasteiger partial charge in [0.25, 0.3) is 0 Å². The molecule has 2 aromatic carbocycles. The van der Waals surface area contributed by atoms with Gasteiger partial charge < -0.3 is 5.32 Å². The van der Waals surface area contributed by atoms with Gasteiger partial charge in [0.15, 0.2) is 0 Å². The Balaban J connectivity index is 1.56. The molecule has 2 heterocycles. The Morgan fingerprint density at radius 3 is 2.43 bits per heavy atom. The van der Waals surface area contributed by atoms with E-state index in [1.165, 1.54) is 17.3 Å². The van der Waals surface area contributed by atoms with Crippen molar-refractivity contribution < 1.29 is 4.79 Å². The largest absolute Gasteiger partial charge is 0.325 e. The van der Waals surface area contributed by atoms with E-state index in [-0.39, 0.29) is 11.2 Å². The molecule has 0 fully saturated rings. The first-order chi connectivity index (χ1) is 14.4. The number of amides is 1. The van der Waals surface area contributed by atoms with Gasteiger partial charge in [0.05, 0.1) is 5.25 Å². The number of carbonyl (C=O) groups excluding carboxylic acids is 1. The first-order valence-electron chi connectivity index (χ1n) is 9.77. The molecule has 4 rings (SSSR count). The smallest absolute Gasteiger partial charge is 0.237 e. The quantitative estimate of drug-likeness (QED) is 0.292. The normalized spacial score (nSPS) is 12.1. The molecule has 1 N–H and O–H groups in total. The van der Waals surface area contributed by atoms with Crippen molar-refractivity contribution in [3.05, 3.63) is 71.5 Å². The van der Waals surface area contributed by atoms with Crippen LogP contribution in [0.2, 0.25) is 0 Å². The third-order valence-corrected chi connectivity index (χ3v) is 7.14. The molecule has 2 aromatic heterocycles. The van der Waals surface area contributed by atoms with Crippen LogP contribution in [0.15, 0.2) is 59.9 Å². The summed E-state index contributed by atoms with van der Waals surface area (Å²) in [7, 11) is 0. The van der Waals surface area contributed by atoms with Crippen molar-refractivity contribution in [3.63, 3.8) is 0 Å². The fourth-order valence-corrected chi connectivity index (χ4v) is 5.46. The summed E-state index contributed by atoms with van der Waals surface area (Å²) in [6, 6.07) is 16.5. The highest BCUT2D eigenvalue weighted by Crippen LogP contribution is 2.37. The van der Waals surface area contributed by atoms with Crippen molar-refractivity contribution in [3.8, 4) is 10.4 Å². The zero-order valence-corrected chi connectivity index (χ0v) is 19.0. The van der Waals surface area contributed by atoms with Crippen molar-refractivity contribution in [2.75, 3.05) is 5.32 Å². The zero-order chi connectivity index (χ0) is 21.3. The van der Waals surface area contributed by atoms with Crippen LogP contribution in [0.5, 0.6) is 0 Å². The summed E-state index contributed by atoms with van der Waals surface area (Å²) in [4.78, 5) is 23.9. The monoisotopic (exact) mass is 433 g/mol. The summed E-state index contributed by atoms with van der Waals surface area (Å²) in [5, 5.41) is 4.64. The average Bonchev–Trinajstić information content (AvgIpc) is 3.16. The maximum Gasteiger partial charge on any atom is 0.237 e. The number of nitrogens with one attached hydrogen (secondary N) is 1. The predicted octanol–water partition coefficient (Wildman–Crippen LogP) is 6.40. The number of thioether (sulfide) groups is 1. The number of nitrogens with zero attached hydrogens (tertiary/aromatic N) is 2. The lowest BCUT2D eigenvalue weighted by Gasteiger charge is -2.16. The molecule has 1 amide bonds. The number of hydrogen-bond acceptors (Lipinski definition) is 5. The van der Waals surface area contributed by atoms with Gasteiger partial charge in [0, 0.05) is 16.0 Å². The number of anilines is 1. The van der Waals surface area contributed by atoms with Gasteiger partial charge in [-0.25, -0.2) is 9.97 Å². The minimum absolute atomic E-state index is 0.0275. The van der Waals surface area contributed by atoms with Gasteiger partial charge >= 0.3 is 0 Å². The summed E-state index contributed by atoms with van der Waals surface area (Å²) in [5.41, 5.74) is 5.40. The van der Waals surface area contributed by atoms with Gasteiger partial charge in [0.1, 0.15) is 16.2 Å². The molecule has 1 unspecified atom stereocenters. The molecule has 0 bridgehead atoms. The van der Waals surface area contributed by atoms with E-state index in [9.17, 15) is 4.79 Å². The van der Waals surface area contributed by atoms with E-state index in [4.69, 9.17) is 0 Å². The van der Waals surface area contributed by atoms with Gasteiger partial charge in [-0.15, -0.1) is 11.3 Å². The van der Waals surface area contributed by atoms with Gasteiger partial charge in [-0.2, -0.15) is 0 Å². The van der Waals surface area contributed by atoms with Crippen molar-refractivity contribution in [1.29, 1.82) is 0 Å². The van der Waals surface area contributed by atoms with Crippen LogP contribution in [0, 0.1) is 20.8 Å². The van der Waals surface area contributed by atoms with E-state index >= 15 is 0 Å². The van der Waals surface area contributed by atoms with Gasteiger partial charge in [-0.05, 0) is 50.5 Å². The molecule has 0 aliphatic rings. The van der Waals surface area contributed by atoms with E-state index in [0.717, 1.165) is 42.5 Å². The van der Waals surface area contributed by atoms with Gasteiger partial charge in [-0.1, -0.05) is 59.8 Å². The predicted molar refractivity (Wildman–Crippen MR) is 127 cm³/mol. The Bertz CT molecular complexity index is 1190. The van der Waals surface area contributed by atoms with Crippen molar-refractivity contribution >= 4 is 44.9 Å². The second kappa shape index (κ2) is 8.58. The summed E-state index contributed by atoms with van der Waals surface area (Å²) < 4.78 is 0. The van der Waals surface area contributed by atoms with E-state index in [2.05, 4.69) is 52.5 Å². The molecule has 152 valence electrons. The van der Waals surface area contributed by atoms with Crippen LogP contribution in [0.3, 0.4) is 0 Å². The van der Waals surface area contributed by atoms with Crippen LogP contribution in [0.25, 0.3) is 20.7 Å². The molecule has 30 heavy (non-hydrogen) atoms. The third kappa shape index (κ3) is 4.25. The number of aryl methyl sites for hydroxylation is 3. The number of thiophene rings is 1. The van der Waals surface area contributed by atoms with E-state index in [0.29, 0.717) is 0 Å². The average molecular weight is 434 g/mol. The highest BCUT2D eigenvalue weighted by Gasteiger charge is 2.19. The molecule has 0 spiro atoms. The Labute approximate surface area is 184 Å². The molecule has 4 nitrogen and oxygen atoms in total. The molecule has 0 saturated carbocycles. The second-order valence-corrected chi connectivity index (χ2v) is 9.76. The SMILES string of the molecule is Cc1cc(C)c(NC(=O)C(C)Sc2ncnc3sc(-c4ccccc4)cc23)c(C)c1. The van der Waals surface area contributed by atoms with Crippen LogP contribution in [0.4, 0.5) is 5.69 Å². The van der Waals surface area contributed by atoms with Crippen LogP contribution in [-0.2, 0) is 4.79 Å². The molecule has 1 atom stereocenters. The Kier molecular flexibility index (Phi) is 5.88. The highest BCUT2D eigenvalue weighted by molar-refractivity contribution is 8.00. The first kappa shape index (κ1) is 20.6.